The number of hydrogen-bond acceptors (Lipinski definition) is 8. The summed E-state index contributed by atoms with van der Waals surface area (Å²) in [4.78, 5) is 13.1. The van der Waals surface area contributed by atoms with E-state index in [2.05, 4.69) is 87.5 Å². The van der Waals surface area contributed by atoms with Gasteiger partial charge >= 0.3 is 11.8 Å². The molecule has 5 N–H and O–H groups in total. The maximum Gasteiger partial charge on any atom is 0.338 e. The van der Waals surface area contributed by atoms with Crippen molar-refractivity contribution in [3.63, 3.8) is 0 Å². The van der Waals surface area contributed by atoms with E-state index in [1.165, 1.54) is 17.3 Å². The fraction of sp³-hybridized carbons (Fsp3) is 0.222. The van der Waals surface area contributed by atoms with Crippen molar-refractivity contribution >= 4 is 29.3 Å². The second kappa shape index (κ2) is 10.2. The van der Waals surface area contributed by atoms with Gasteiger partial charge in [0, 0.05) is 17.0 Å². The number of H-pyrrole nitrogens is 2. The van der Waals surface area contributed by atoms with Crippen molar-refractivity contribution in [3.8, 4) is 28.7 Å². The molecule has 194 valence electrons. The van der Waals surface area contributed by atoms with E-state index in [1.54, 1.807) is 6.07 Å². The zero-order chi connectivity index (χ0) is 26.9. The van der Waals surface area contributed by atoms with E-state index in [4.69, 9.17) is 10.5 Å². The number of aromatic nitrogens is 7. The Kier molecular flexibility index (Phi) is 6.77. The molecule has 0 aliphatic carbocycles. The zero-order valence-corrected chi connectivity index (χ0v) is 22.7. The first-order valence-corrected chi connectivity index (χ1v) is 13.3. The molecular formula is C27H30N9OS+. The Hall–Kier alpha value is -4.38. The fourth-order valence-electron chi connectivity index (χ4n) is 3.79. The summed E-state index contributed by atoms with van der Waals surface area (Å²) in [5.74, 6) is 3.30. The number of nitrogens with two attached hydrogens (primary N) is 1. The summed E-state index contributed by atoms with van der Waals surface area (Å²) in [6.45, 7) is 8.58. The molecule has 0 fully saturated rings. The number of hydrogen-bond donors (Lipinski definition) is 4. The molecule has 0 aliphatic heterocycles. The molecule has 3 aromatic heterocycles. The SMILES string of the molecule is CSc1nc(N)cc(Oc2ccc(-c3nc(Nc4cc(C(C)(C)C)[nH][n+]4-c4cccc(C)c4)n[nH]3)cc2)n1. The lowest BCUT2D eigenvalue weighted by Gasteiger charge is -2.14. The van der Waals surface area contributed by atoms with Gasteiger partial charge in [-0.1, -0.05) is 44.7 Å². The number of nitrogen functional groups attached to an aromatic ring is 1. The van der Waals surface area contributed by atoms with Crippen LogP contribution in [0, 0.1) is 6.92 Å². The minimum absolute atomic E-state index is 0.0616. The first-order chi connectivity index (χ1) is 18.2. The van der Waals surface area contributed by atoms with Gasteiger partial charge in [0.1, 0.15) is 11.6 Å². The molecule has 11 heteroatoms. The number of nitrogens with one attached hydrogen (secondary N) is 3. The average Bonchev–Trinajstić information content (AvgIpc) is 3.52. The van der Waals surface area contributed by atoms with Crippen LogP contribution in [-0.4, -0.2) is 36.5 Å². The van der Waals surface area contributed by atoms with Gasteiger partial charge in [0.05, 0.1) is 11.8 Å². The maximum absolute atomic E-state index is 5.86. The van der Waals surface area contributed by atoms with Crippen molar-refractivity contribution in [2.24, 2.45) is 0 Å². The third kappa shape index (κ3) is 5.62. The van der Waals surface area contributed by atoms with Crippen LogP contribution in [0.5, 0.6) is 11.6 Å². The Morgan fingerprint density at radius 3 is 2.50 bits per heavy atom. The molecule has 0 aliphatic rings. The number of aromatic amines is 2. The second-order valence-corrected chi connectivity index (χ2v) is 10.6. The summed E-state index contributed by atoms with van der Waals surface area (Å²) in [6.07, 6.45) is 1.88. The molecule has 0 bridgehead atoms. The monoisotopic (exact) mass is 528 g/mol. The van der Waals surface area contributed by atoms with Crippen LogP contribution in [-0.2, 0) is 5.41 Å². The lowest BCUT2D eigenvalue weighted by atomic mass is 9.92. The van der Waals surface area contributed by atoms with E-state index in [0.717, 1.165) is 22.8 Å². The lowest BCUT2D eigenvalue weighted by Crippen LogP contribution is -2.36. The van der Waals surface area contributed by atoms with E-state index in [-0.39, 0.29) is 5.41 Å². The average molecular weight is 529 g/mol. The van der Waals surface area contributed by atoms with Crippen LogP contribution >= 0.6 is 11.8 Å². The molecule has 0 spiro atoms. The van der Waals surface area contributed by atoms with Gasteiger partial charge in [-0.05, 0) is 55.1 Å². The number of thioether (sulfide) groups is 1. The first kappa shape index (κ1) is 25.3. The predicted octanol–water partition coefficient (Wildman–Crippen LogP) is 5.31. The molecule has 5 aromatic rings. The van der Waals surface area contributed by atoms with Crippen LogP contribution < -0.4 is 20.5 Å². The molecule has 0 saturated carbocycles. The van der Waals surface area contributed by atoms with Crippen LogP contribution in [0.3, 0.4) is 0 Å². The van der Waals surface area contributed by atoms with E-state index in [1.807, 2.05) is 41.3 Å². The molecule has 0 atom stereocenters. The van der Waals surface area contributed by atoms with Crippen molar-refractivity contribution in [3.05, 3.63) is 71.9 Å². The Bertz CT molecular complexity index is 1570. The standard InChI is InChI=1S/C27H29N9OS/c1-16-7-6-8-18(13-16)36-22(14-20(35-36)27(2,3)4)30-25-32-24(33-34-25)17-9-11-19(12-10-17)37-23-15-21(28)29-26(31-23)38-5/h6-15H,1-5H3,(H4,28,29,30,31,32,33,34,35)/p+1. The summed E-state index contributed by atoms with van der Waals surface area (Å²) in [7, 11) is 0. The van der Waals surface area contributed by atoms with E-state index >= 15 is 0 Å². The summed E-state index contributed by atoms with van der Waals surface area (Å²) in [6, 6.07) is 19.5. The molecule has 0 radical (unpaired) electrons. The van der Waals surface area contributed by atoms with Crippen molar-refractivity contribution < 1.29 is 9.42 Å². The molecule has 3 heterocycles. The van der Waals surface area contributed by atoms with Crippen molar-refractivity contribution in [1.29, 1.82) is 0 Å². The maximum atomic E-state index is 5.86. The largest absolute Gasteiger partial charge is 0.439 e. The molecule has 5 rings (SSSR count). The van der Waals surface area contributed by atoms with Gasteiger partial charge in [-0.3, -0.25) is 5.10 Å². The van der Waals surface area contributed by atoms with Crippen molar-refractivity contribution in [1.82, 2.24) is 30.2 Å². The minimum Gasteiger partial charge on any atom is -0.439 e. The Morgan fingerprint density at radius 1 is 1.00 bits per heavy atom. The summed E-state index contributed by atoms with van der Waals surface area (Å²) >= 11 is 1.40. The van der Waals surface area contributed by atoms with Gasteiger partial charge in [0.2, 0.25) is 5.88 Å². The van der Waals surface area contributed by atoms with Crippen molar-refractivity contribution in [2.75, 3.05) is 17.3 Å². The minimum atomic E-state index is -0.0616. The summed E-state index contributed by atoms with van der Waals surface area (Å²) in [5.41, 5.74) is 9.92. The van der Waals surface area contributed by atoms with Gasteiger partial charge in [0.25, 0.3) is 0 Å². The highest BCUT2D eigenvalue weighted by Crippen LogP contribution is 2.27. The quantitative estimate of drug-likeness (QED) is 0.127. The number of ether oxygens (including phenoxy) is 1. The smallest absolute Gasteiger partial charge is 0.338 e. The summed E-state index contributed by atoms with van der Waals surface area (Å²) in [5, 5.41) is 14.8. The molecule has 38 heavy (non-hydrogen) atoms. The fourth-order valence-corrected chi connectivity index (χ4v) is 4.17. The van der Waals surface area contributed by atoms with Crippen molar-refractivity contribution in [2.45, 2.75) is 38.3 Å². The topological polar surface area (TPSA) is 134 Å². The van der Waals surface area contributed by atoms with Gasteiger partial charge in [-0.2, -0.15) is 9.97 Å². The third-order valence-electron chi connectivity index (χ3n) is 5.78. The highest BCUT2D eigenvalue weighted by molar-refractivity contribution is 7.98. The second-order valence-electron chi connectivity index (χ2n) is 9.86. The normalized spacial score (nSPS) is 11.5. The van der Waals surface area contributed by atoms with Gasteiger partial charge < -0.3 is 10.5 Å². The van der Waals surface area contributed by atoms with Crippen LogP contribution in [0.4, 0.5) is 17.6 Å². The predicted molar refractivity (Wildman–Crippen MR) is 149 cm³/mol. The number of nitrogens with zero attached hydrogens (tertiary/aromatic N) is 5. The Labute approximate surface area is 225 Å². The molecule has 2 aromatic carbocycles. The summed E-state index contributed by atoms with van der Waals surface area (Å²) < 4.78 is 7.87. The first-order valence-electron chi connectivity index (χ1n) is 12.1. The highest BCUT2D eigenvalue weighted by Gasteiger charge is 2.25. The molecule has 10 nitrogen and oxygen atoms in total. The third-order valence-corrected chi connectivity index (χ3v) is 6.33. The number of benzene rings is 2. The van der Waals surface area contributed by atoms with Gasteiger partial charge in [0.15, 0.2) is 16.7 Å². The van der Waals surface area contributed by atoms with E-state index < -0.39 is 0 Å². The Morgan fingerprint density at radius 2 is 1.79 bits per heavy atom. The van der Waals surface area contributed by atoms with Crippen LogP contribution in [0.1, 0.15) is 32.0 Å². The zero-order valence-electron chi connectivity index (χ0n) is 21.9. The van der Waals surface area contributed by atoms with Gasteiger partial charge in [-0.15, -0.1) is 9.78 Å². The van der Waals surface area contributed by atoms with Crippen LogP contribution in [0.2, 0.25) is 0 Å². The lowest BCUT2D eigenvalue weighted by molar-refractivity contribution is -0.642. The molecule has 0 amide bonds. The molecule has 0 saturated heterocycles. The number of aryl methyl sites for hydroxylation is 1. The molecular weight excluding hydrogens is 498 g/mol. The van der Waals surface area contributed by atoms with Crippen LogP contribution in [0.15, 0.2) is 65.8 Å². The number of rotatable bonds is 7. The van der Waals surface area contributed by atoms with Crippen LogP contribution in [0.25, 0.3) is 17.1 Å². The van der Waals surface area contributed by atoms with E-state index in [0.29, 0.717) is 34.4 Å². The van der Waals surface area contributed by atoms with E-state index in [9.17, 15) is 0 Å². The molecule has 0 unspecified atom stereocenters. The highest BCUT2D eigenvalue weighted by atomic mass is 32.2. The number of anilines is 3. The Balaban J connectivity index is 1.36. The van der Waals surface area contributed by atoms with Gasteiger partial charge in [-0.25, -0.2) is 15.4 Å².